The summed E-state index contributed by atoms with van der Waals surface area (Å²) < 4.78 is 0. The second-order valence-electron chi connectivity index (χ2n) is 6.90. The molecule has 7 nitrogen and oxygen atoms in total. The lowest BCUT2D eigenvalue weighted by molar-refractivity contribution is 0.0727. The Morgan fingerprint density at radius 1 is 1.04 bits per heavy atom. The van der Waals surface area contributed by atoms with E-state index in [1.54, 1.807) is 18.5 Å². The summed E-state index contributed by atoms with van der Waals surface area (Å²) in [4.78, 5) is 32.8. The van der Waals surface area contributed by atoms with Gasteiger partial charge in [-0.15, -0.1) is 0 Å². The molecule has 1 unspecified atom stereocenters. The molecule has 0 saturated carbocycles. The summed E-state index contributed by atoms with van der Waals surface area (Å²) >= 11 is 0. The number of amides is 1. The van der Waals surface area contributed by atoms with E-state index in [-0.39, 0.29) is 11.9 Å². The van der Waals surface area contributed by atoms with Gasteiger partial charge in [0.1, 0.15) is 17.2 Å². The van der Waals surface area contributed by atoms with Gasteiger partial charge in [-0.3, -0.25) is 9.78 Å². The van der Waals surface area contributed by atoms with Crippen molar-refractivity contribution in [3.8, 4) is 0 Å². The fourth-order valence-electron chi connectivity index (χ4n) is 3.53. The minimum atomic E-state index is -0.143. The van der Waals surface area contributed by atoms with Gasteiger partial charge in [-0.1, -0.05) is 12.1 Å². The van der Waals surface area contributed by atoms with E-state index in [0.717, 1.165) is 29.9 Å². The molecule has 3 aromatic rings. The first-order chi connectivity index (χ1) is 13.6. The highest BCUT2D eigenvalue weighted by Crippen LogP contribution is 2.35. The van der Waals surface area contributed by atoms with Crippen LogP contribution in [0.3, 0.4) is 0 Å². The van der Waals surface area contributed by atoms with E-state index in [2.05, 4.69) is 25.3 Å². The standard InChI is InChI=1S/C21H22N6O/c1-14-6-3-8-16(24-14)21(28)27-13-5-9-17(27)19-20(23-12-11-22-19)26-18-10-4-7-15(2)25-18/h3-4,6-8,10-12,17H,5,9,13H2,1-2H3,(H,23,25,26). The fourth-order valence-corrected chi connectivity index (χ4v) is 3.53. The zero-order valence-electron chi connectivity index (χ0n) is 16.0. The zero-order valence-corrected chi connectivity index (χ0v) is 16.0. The van der Waals surface area contributed by atoms with Gasteiger partial charge in [0, 0.05) is 30.3 Å². The number of nitrogens with one attached hydrogen (secondary N) is 1. The van der Waals surface area contributed by atoms with E-state index in [1.807, 2.05) is 49.1 Å². The molecule has 1 atom stereocenters. The van der Waals surface area contributed by atoms with Crippen LogP contribution in [0.4, 0.5) is 11.6 Å². The molecule has 0 aromatic carbocycles. The predicted molar refractivity (Wildman–Crippen MR) is 106 cm³/mol. The SMILES string of the molecule is Cc1cccc(Nc2nccnc2C2CCCN2C(=O)c2cccc(C)n2)n1. The number of aromatic nitrogens is 4. The first kappa shape index (κ1) is 18.0. The van der Waals surface area contributed by atoms with Crippen molar-refractivity contribution in [3.63, 3.8) is 0 Å². The highest BCUT2D eigenvalue weighted by atomic mass is 16.2. The van der Waals surface area contributed by atoms with Gasteiger partial charge in [0.05, 0.1) is 6.04 Å². The summed E-state index contributed by atoms with van der Waals surface area (Å²) in [5.74, 6) is 1.26. The quantitative estimate of drug-likeness (QED) is 0.751. The van der Waals surface area contributed by atoms with Crippen molar-refractivity contribution in [3.05, 3.63) is 71.6 Å². The number of hydrogen-bond acceptors (Lipinski definition) is 6. The Hall–Kier alpha value is -3.35. The lowest BCUT2D eigenvalue weighted by Crippen LogP contribution is -2.32. The van der Waals surface area contributed by atoms with Gasteiger partial charge in [-0.05, 0) is 51.0 Å². The van der Waals surface area contributed by atoms with Crippen LogP contribution in [-0.4, -0.2) is 37.3 Å². The lowest BCUT2D eigenvalue weighted by atomic mass is 10.1. The largest absolute Gasteiger partial charge is 0.329 e. The molecule has 7 heteroatoms. The Labute approximate surface area is 163 Å². The highest BCUT2D eigenvalue weighted by Gasteiger charge is 2.34. The summed E-state index contributed by atoms with van der Waals surface area (Å²) in [6, 6.07) is 11.1. The van der Waals surface area contributed by atoms with Crippen LogP contribution in [-0.2, 0) is 0 Å². The van der Waals surface area contributed by atoms with E-state index in [4.69, 9.17) is 0 Å². The molecule has 3 aromatic heterocycles. The molecule has 28 heavy (non-hydrogen) atoms. The molecular weight excluding hydrogens is 352 g/mol. The first-order valence-electron chi connectivity index (χ1n) is 9.38. The first-order valence-corrected chi connectivity index (χ1v) is 9.38. The number of carbonyl (C=O) groups excluding carboxylic acids is 1. The second-order valence-corrected chi connectivity index (χ2v) is 6.90. The number of aryl methyl sites for hydroxylation is 2. The van der Waals surface area contributed by atoms with E-state index >= 15 is 0 Å². The van der Waals surface area contributed by atoms with Crippen molar-refractivity contribution in [1.29, 1.82) is 0 Å². The third-order valence-corrected chi connectivity index (χ3v) is 4.80. The maximum atomic E-state index is 13.1. The molecule has 1 saturated heterocycles. The molecule has 0 aliphatic carbocycles. The number of anilines is 2. The van der Waals surface area contributed by atoms with Crippen molar-refractivity contribution in [2.75, 3.05) is 11.9 Å². The van der Waals surface area contributed by atoms with Gasteiger partial charge in [0.25, 0.3) is 5.91 Å². The van der Waals surface area contributed by atoms with E-state index in [1.165, 1.54) is 0 Å². The molecule has 1 aliphatic heterocycles. The molecule has 1 amide bonds. The molecule has 142 valence electrons. The van der Waals surface area contributed by atoms with Gasteiger partial charge in [0.2, 0.25) is 0 Å². The van der Waals surface area contributed by atoms with Crippen LogP contribution in [0.25, 0.3) is 0 Å². The monoisotopic (exact) mass is 374 g/mol. The Morgan fingerprint density at radius 3 is 2.57 bits per heavy atom. The number of carbonyl (C=O) groups is 1. The topological polar surface area (TPSA) is 83.9 Å². The number of likely N-dealkylation sites (tertiary alicyclic amines) is 1. The van der Waals surface area contributed by atoms with Crippen molar-refractivity contribution < 1.29 is 4.79 Å². The number of rotatable bonds is 4. The third kappa shape index (κ3) is 3.69. The summed E-state index contributed by atoms with van der Waals surface area (Å²) in [6.07, 6.45) is 5.06. The van der Waals surface area contributed by atoms with E-state index < -0.39 is 0 Å². The Morgan fingerprint density at radius 2 is 1.79 bits per heavy atom. The minimum Gasteiger partial charge on any atom is -0.329 e. The molecule has 4 heterocycles. The molecule has 1 aliphatic rings. The molecule has 0 radical (unpaired) electrons. The summed E-state index contributed by atoms with van der Waals surface area (Å²) in [5.41, 5.74) is 2.96. The van der Waals surface area contributed by atoms with Crippen LogP contribution < -0.4 is 5.32 Å². The summed E-state index contributed by atoms with van der Waals surface area (Å²) in [6.45, 7) is 4.50. The van der Waals surface area contributed by atoms with Crippen molar-refractivity contribution in [2.24, 2.45) is 0 Å². The summed E-state index contributed by atoms with van der Waals surface area (Å²) in [7, 11) is 0. The second kappa shape index (κ2) is 7.72. The molecule has 4 rings (SSSR count). The smallest absolute Gasteiger partial charge is 0.273 e. The normalized spacial score (nSPS) is 16.2. The summed E-state index contributed by atoms with van der Waals surface area (Å²) in [5, 5.41) is 3.26. The zero-order chi connectivity index (χ0) is 19.5. The van der Waals surface area contributed by atoms with E-state index in [9.17, 15) is 4.79 Å². The molecular formula is C21H22N6O. The average molecular weight is 374 g/mol. The van der Waals surface area contributed by atoms with Crippen LogP contribution in [0, 0.1) is 13.8 Å². The van der Waals surface area contributed by atoms with Gasteiger partial charge in [0.15, 0.2) is 5.82 Å². The average Bonchev–Trinajstić information content (AvgIpc) is 3.17. The molecule has 1 N–H and O–H groups in total. The Kier molecular flexibility index (Phi) is 4.97. The van der Waals surface area contributed by atoms with Crippen molar-refractivity contribution in [2.45, 2.75) is 32.7 Å². The minimum absolute atomic E-state index is 0.0727. The van der Waals surface area contributed by atoms with Gasteiger partial charge < -0.3 is 10.2 Å². The predicted octanol–water partition coefficient (Wildman–Crippen LogP) is 3.60. The maximum Gasteiger partial charge on any atom is 0.273 e. The van der Waals surface area contributed by atoms with Crippen molar-refractivity contribution >= 4 is 17.5 Å². The number of pyridine rings is 2. The lowest BCUT2D eigenvalue weighted by Gasteiger charge is -2.25. The van der Waals surface area contributed by atoms with Crippen LogP contribution in [0.1, 0.15) is 46.5 Å². The van der Waals surface area contributed by atoms with Gasteiger partial charge in [-0.25, -0.2) is 15.0 Å². The van der Waals surface area contributed by atoms with Crippen molar-refractivity contribution in [1.82, 2.24) is 24.8 Å². The highest BCUT2D eigenvalue weighted by molar-refractivity contribution is 5.93. The van der Waals surface area contributed by atoms with Crippen LogP contribution in [0.5, 0.6) is 0 Å². The van der Waals surface area contributed by atoms with Gasteiger partial charge in [-0.2, -0.15) is 0 Å². The fraction of sp³-hybridized carbons (Fsp3) is 0.286. The van der Waals surface area contributed by atoms with E-state index in [0.29, 0.717) is 23.9 Å². The Balaban J connectivity index is 1.64. The molecule has 1 fully saturated rings. The third-order valence-electron chi connectivity index (χ3n) is 4.80. The van der Waals surface area contributed by atoms with Crippen LogP contribution in [0.15, 0.2) is 48.8 Å². The molecule has 0 bridgehead atoms. The number of hydrogen-bond donors (Lipinski definition) is 1. The van der Waals surface area contributed by atoms with Gasteiger partial charge >= 0.3 is 0 Å². The Bertz CT molecular complexity index is 1010. The van der Waals surface area contributed by atoms with Crippen LogP contribution in [0.2, 0.25) is 0 Å². The maximum absolute atomic E-state index is 13.1. The van der Waals surface area contributed by atoms with Crippen LogP contribution >= 0.6 is 0 Å². The number of nitrogens with zero attached hydrogens (tertiary/aromatic N) is 5. The molecule has 0 spiro atoms.